The summed E-state index contributed by atoms with van der Waals surface area (Å²) in [6.07, 6.45) is 0. The average molecular weight is 841 g/mol. The average Bonchev–Trinajstić information content (AvgIpc) is 3.74. The lowest BCUT2D eigenvalue weighted by Crippen LogP contribution is -2.11. The van der Waals surface area contributed by atoms with Crippen LogP contribution in [0.2, 0.25) is 0 Å². The van der Waals surface area contributed by atoms with Gasteiger partial charge in [0.15, 0.2) is 0 Å². The second-order valence-electron chi connectivity index (χ2n) is 16.8. The number of para-hydroxylation sites is 3. The summed E-state index contributed by atoms with van der Waals surface area (Å²) in [5, 5.41) is 4.96. The number of hydrogen-bond donors (Lipinski definition) is 0. The Morgan fingerprint density at radius 1 is 0.273 bits per heavy atom. The van der Waals surface area contributed by atoms with E-state index in [9.17, 15) is 0 Å². The molecule has 0 aliphatic heterocycles. The second kappa shape index (κ2) is 16.8. The third-order valence-corrected chi connectivity index (χ3v) is 13.0. The summed E-state index contributed by atoms with van der Waals surface area (Å²) in [6.45, 7) is 0. The highest BCUT2D eigenvalue weighted by Crippen LogP contribution is 2.47. The van der Waals surface area contributed by atoms with Gasteiger partial charge in [-0.3, -0.25) is 0 Å². The van der Waals surface area contributed by atoms with Gasteiger partial charge in [0, 0.05) is 33.4 Å². The van der Waals surface area contributed by atoms with E-state index in [0.717, 1.165) is 33.9 Å². The Balaban J connectivity index is 1.06. The molecule has 66 heavy (non-hydrogen) atoms. The quantitative estimate of drug-likeness (QED) is 0.141. The highest BCUT2D eigenvalue weighted by Gasteiger charge is 2.22. The highest BCUT2D eigenvalue weighted by molar-refractivity contribution is 6.16. The van der Waals surface area contributed by atoms with Gasteiger partial charge in [0.2, 0.25) is 0 Å². The second-order valence-corrected chi connectivity index (χ2v) is 16.8. The molecule has 12 rings (SSSR count). The summed E-state index contributed by atoms with van der Waals surface area (Å²) in [7, 11) is 0. The molecule has 0 atom stereocenters. The summed E-state index contributed by atoms with van der Waals surface area (Å²) in [4.78, 5) is 2.44. The molecule has 0 aliphatic carbocycles. The Kier molecular flexibility index (Phi) is 9.89. The first-order valence-electron chi connectivity index (χ1n) is 22.7. The predicted molar refractivity (Wildman–Crippen MR) is 280 cm³/mol. The molecule has 310 valence electrons. The Hall–Kier alpha value is -8.72. The monoisotopic (exact) mass is 840 g/mol. The van der Waals surface area contributed by atoms with Crippen molar-refractivity contribution in [1.29, 1.82) is 0 Å². The molecule has 0 bridgehead atoms. The van der Waals surface area contributed by atoms with E-state index in [4.69, 9.17) is 0 Å². The smallest absolute Gasteiger partial charge is 0.0547 e. The molecule has 0 unspecified atom stereocenters. The minimum absolute atomic E-state index is 1.07. The van der Waals surface area contributed by atoms with E-state index in [-0.39, 0.29) is 0 Å². The van der Waals surface area contributed by atoms with E-state index in [1.54, 1.807) is 0 Å². The number of fused-ring (bicyclic) bond motifs is 4. The minimum atomic E-state index is 1.07. The minimum Gasteiger partial charge on any atom is -0.310 e. The topological polar surface area (TPSA) is 8.17 Å². The molecule has 0 amide bonds. The van der Waals surface area contributed by atoms with Crippen molar-refractivity contribution in [3.63, 3.8) is 0 Å². The van der Waals surface area contributed by atoms with Crippen LogP contribution < -0.4 is 4.90 Å². The molecule has 0 radical (unpaired) electrons. The van der Waals surface area contributed by atoms with Gasteiger partial charge in [0.25, 0.3) is 0 Å². The van der Waals surface area contributed by atoms with Crippen molar-refractivity contribution in [1.82, 2.24) is 4.57 Å². The van der Waals surface area contributed by atoms with Gasteiger partial charge >= 0.3 is 0 Å². The van der Waals surface area contributed by atoms with Crippen molar-refractivity contribution in [3.8, 4) is 61.3 Å². The van der Waals surface area contributed by atoms with Crippen molar-refractivity contribution in [2.24, 2.45) is 0 Å². The van der Waals surface area contributed by atoms with Crippen LogP contribution in [0.3, 0.4) is 0 Å². The maximum absolute atomic E-state index is 2.44. The first kappa shape index (κ1) is 38.9. The van der Waals surface area contributed by atoms with Crippen LogP contribution in [0.5, 0.6) is 0 Å². The van der Waals surface area contributed by atoms with Gasteiger partial charge in [0.05, 0.1) is 16.7 Å². The van der Waals surface area contributed by atoms with E-state index in [1.807, 2.05) is 0 Å². The van der Waals surface area contributed by atoms with E-state index in [1.165, 1.54) is 77.1 Å². The van der Waals surface area contributed by atoms with Gasteiger partial charge in [0.1, 0.15) is 0 Å². The summed E-state index contributed by atoms with van der Waals surface area (Å²) < 4.78 is 2.39. The molecule has 0 fully saturated rings. The standard InChI is InChI=1S/C64H44N2/c1-3-20-45(21-4-1)54-29-9-10-30-56(54)57-31-11-12-32-58(57)59-33-13-15-37-61(59)65(50-42-40-47(41-43-50)53-35-18-23-46-22-7-8-28-52(46)53)51-27-17-24-48(44-51)55-36-19-39-63-64(55)60-34-14-16-38-62(60)66(63)49-25-5-2-6-26-49/h1-44H. The molecule has 0 saturated heterocycles. The van der Waals surface area contributed by atoms with Gasteiger partial charge in [-0.15, -0.1) is 0 Å². The molecule has 2 heteroatoms. The van der Waals surface area contributed by atoms with Crippen molar-refractivity contribution >= 4 is 49.6 Å². The summed E-state index contributed by atoms with van der Waals surface area (Å²) >= 11 is 0. The van der Waals surface area contributed by atoms with Crippen LogP contribution in [0.25, 0.3) is 93.9 Å². The lowest BCUT2D eigenvalue weighted by Gasteiger charge is -2.29. The zero-order chi connectivity index (χ0) is 43.8. The molecule has 2 nitrogen and oxygen atoms in total. The zero-order valence-corrected chi connectivity index (χ0v) is 36.3. The normalized spacial score (nSPS) is 11.3. The lowest BCUT2D eigenvalue weighted by atomic mass is 9.88. The van der Waals surface area contributed by atoms with E-state index in [0.29, 0.717) is 0 Å². The molecule has 0 aliphatic rings. The van der Waals surface area contributed by atoms with Crippen LogP contribution in [0.15, 0.2) is 267 Å². The zero-order valence-electron chi connectivity index (χ0n) is 36.3. The van der Waals surface area contributed by atoms with E-state index >= 15 is 0 Å². The van der Waals surface area contributed by atoms with Gasteiger partial charge in [-0.05, 0) is 115 Å². The Labute approximate surface area is 385 Å². The van der Waals surface area contributed by atoms with Crippen molar-refractivity contribution in [2.45, 2.75) is 0 Å². The molecule has 1 aromatic heterocycles. The maximum Gasteiger partial charge on any atom is 0.0547 e. The van der Waals surface area contributed by atoms with Crippen molar-refractivity contribution in [3.05, 3.63) is 267 Å². The molecule has 1 heterocycles. The Morgan fingerprint density at radius 2 is 0.773 bits per heavy atom. The van der Waals surface area contributed by atoms with Gasteiger partial charge in [-0.1, -0.05) is 212 Å². The predicted octanol–water partition coefficient (Wildman–Crippen LogP) is 17.7. The van der Waals surface area contributed by atoms with Gasteiger partial charge < -0.3 is 9.47 Å². The summed E-state index contributed by atoms with van der Waals surface area (Å²) in [5.41, 5.74) is 18.6. The first-order valence-corrected chi connectivity index (χ1v) is 22.7. The lowest BCUT2D eigenvalue weighted by molar-refractivity contribution is 1.18. The van der Waals surface area contributed by atoms with Gasteiger partial charge in [-0.2, -0.15) is 0 Å². The van der Waals surface area contributed by atoms with Crippen LogP contribution >= 0.6 is 0 Å². The number of nitrogens with zero attached hydrogens (tertiary/aromatic N) is 2. The fourth-order valence-electron chi connectivity index (χ4n) is 10.1. The first-order chi connectivity index (χ1) is 32.8. The molecule has 0 saturated carbocycles. The third kappa shape index (κ3) is 6.84. The molecule has 12 aromatic rings. The Bertz CT molecular complexity index is 3690. The van der Waals surface area contributed by atoms with E-state index in [2.05, 4.69) is 276 Å². The number of hydrogen-bond acceptors (Lipinski definition) is 1. The van der Waals surface area contributed by atoms with Gasteiger partial charge in [-0.25, -0.2) is 0 Å². The molecule has 0 spiro atoms. The number of aromatic nitrogens is 1. The highest BCUT2D eigenvalue weighted by atomic mass is 15.1. The van der Waals surface area contributed by atoms with Crippen LogP contribution in [0.4, 0.5) is 17.1 Å². The van der Waals surface area contributed by atoms with Crippen LogP contribution in [-0.4, -0.2) is 4.57 Å². The van der Waals surface area contributed by atoms with Crippen LogP contribution in [0.1, 0.15) is 0 Å². The maximum atomic E-state index is 2.44. The largest absolute Gasteiger partial charge is 0.310 e. The fourth-order valence-corrected chi connectivity index (χ4v) is 10.1. The third-order valence-electron chi connectivity index (χ3n) is 13.0. The molecular formula is C64H44N2. The summed E-state index contributed by atoms with van der Waals surface area (Å²) in [5.74, 6) is 0. The fraction of sp³-hybridized carbons (Fsp3) is 0. The van der Waals surface area contributed by atoms with Crippen LogP contribution in [0, 0.1) is 0 Å². The SMILES string of the molecule is c1ccc(-c2ccccc2-c2ccccc2-c2ccccc2N(c2ccc(-c3cccc4ccccc34)cc2)c2cccc(-c3cccc4c3c3ccccc3n4-c3ccccc3)c2)cc1. The molecule has 11 aromatic carbocycles. The van der Waals surface area contributed by atoms with E-state index < -0.39 is 0 Å². The van der Waals surface area contributed by atoms with Crippen molar-refractivity contribution in [2.75, 3.05) is 4.90 Å². The van der Waals surface area contributed by atoms with Crippen molar-refractivity contribution < 1.29 is 0 Å². The van der Waals surface area contributed by atoms with Crippen LogP contribution in [-0.2, 0) is 0 Å². The number of anilines is 3. The molecular weight excluding hydrogens is 797 g/mol. The number of rotatable bonds is 9. The number of benzene rings is 11. The Morgan fingerprint density at radius 3 is 1.56 bits per heavy atom. The summed E-state index contributed by atoms with van der Waals surface area (Å²) in [6, 6.07) is 96.9. The molecule has 0 N–H and O–H groups in total.